The molecule has 0 fully saturated rings. The number of anilines is 1. The number of rotatable bonds is 6. The Balaban J connectivity index is 1.49. The average Bonchev–Trinajstić information content (AvgIpc) is 3.43. The molecule has 2 aromatic heterocycles. The Hall–Kier alpha value is -3.97. The molecular weight excluding hydrogens is 463 g/mol. The van der Waals surface area contributed by atoms with Gasteiger partial charge in [0.15, 0.2) is 5.13 Å². The van der Waals surface area contributed by atoms with Crippen LogP contribution in [0.4, 0.5) is 9.52 Å². The number of carbonyl (C=O) groups is 1. The largest absolute Gasteiger partial charge is 0.493 e. The van der Waals surface area contributed by atoms with Gasteiger partial charge in [-0.1, -0.05) is 35.6 Å². The number of amides is 1. The van der Waals surface area contributed by atoms with Gasteiger partial charge in [0, 0.05) is 28.7 Å². The van der Waals surface area contributed by atoms with Crippen LogP contribution in [0, 0.1) is 12.7 Å². The zero-order valence-electron chi connectivity index (χ0n) is 19.5. The van der Waals surface area contributed by atoms with Crippen LogP contribution in [0.5, 0.6) is 5.75 Å². The first-order chi connectivity index (χ1) is 16.9. The smallest absolute Gasteiger partial charge is 0.250 e. The summed E-state index contributed by atoms with van der Waals surface area (Å²) in [5.74, 6) is 0.0545. The summed E-state index contributed by atoms with van der Waals surface area (Å²) in [5.41, 5.74) is 5.80. The van der Waals surface area contributed by atoms with Crippen LogP contribution in [0.2, 0.25) is 0 Å². The van der Waals surface area contributed by atoms with E-state index >= 15 is 0 Å². The van der Waals surface area contributed by atoms with Crippen LogP contribution in [0.25, 0.3) is 37.9 Å². The van der Waals surface area contributed by atoms with Crippen molar-refractivity contribution in [3.63, 3.8) is 0 Å². The lowest BCUT2D eigenvalue weighted by molar-refractivity contribution is -0.111. The number of aryl methyl sites for hydroxylation is 1. The Morgan fingerprint density at radius 3 is 2.74 bits per heavy atom. The maximum absolute atomic E-state index is 13.4. The molecule has 2 heterocycles. The molecule has 176 valence electrons. The Bertz CT molecular complexity index is 1580. The number of halogens is 1. The molecule has 0 radical (unpaired) electrons. The van der Waals surface area contributed by atoms with Gasteiger partial charge in [-0.25, -0.2) is 9.37 Å². The molecule has 0 atom stereocenters. The Kier molecular flexibility index (Phi) is 6.09. The van der Waals surface area contributed by atoms with Gasteiger partial charge in [0.25, 0.3) is 0 Å². The molecule has 5 nitrogen and oxygen atoms in total. The summed E-state index contributed by atoms with van der Waals surface area (Å²) >= 11 is 1.44. The third-order valence-electron chi connectivity index (χ3n) is 5.75. The Morgan fingerprint density at radius 1 is 1.20 bits per heavy atom. The number of furan rings is 1. The van der Waals surface area contributed by atoms with Crippen molar-refractivity contribution in [2.75, 3.05) is 11.9 Å². The summed E-state index contributed by atoms with van der Waals surface area (Å²) < 4.78 is 26.1. The predicted molar refractivity (Wildman–Crippen MR) is 139 cm³/mol. The number of fused-ring (bicyclic) bond motifs is 2. The molecule has 5 aromatic rings. The highest BCUT2D eigenvalue weighted by Crippen LogP contribution is 2.37. The third-order valence-corrected chi connectivity index (χ3v) is 6.69. The second-order valence-corrected chi connectivity index (χ2v) is 9.22. The van der Waals surface area contributed by atoms with Gasteiger partial charge in [0.05, 0.1) is 23.1 Å². The number of hydrogen-bond acceptors (Lipinski definition) is 5. The number of ether oxygens (including phenoxy) is 1. The van der Waals surface area contributed by atoms with Crippen molar-refractivity contribution in [1.82, 2.24) is 4.98 Å². The van der Waals surface area contributed by atoms with Gasteiger partial charge in [-0.15, -0.1) is 0 Å². The Morgan fingerprint density at radius 2 is 2.00 bits per heavy atom. The summed E-state index contributed by atoms with van der Waals surface area (Å²) in [4.78, 5) is 17.4. The van der Waals surface area contributed by atoms with Crippen molar-refractivity contribution in [2.24, 2.45) is 0 Å². The fourth-order valence-corrected chi connectivity index (χ4v) is 4.99. The van der Waals surface area contributed by atoms with Gasteiger partial charge in [0.2, 0.25) is 5.91 Å². The van der Waals surface area contributed by atoms with Crippen molar-refractivity contribution in [3.8, 4) is 16.9 Å². The van der Waals surface area contributed by atoms with Crippen LogP contribution in [0.1, 0.15) is 25.0 Å². The first kappa shape index (κ1) is 22.8. The van der Waals surface area contributed by atoms with E-state index in [9.17, 15) is 9.18 Å². The van der Waals surface area contributed by atoms with Crippen molar-refractivity contribution in [2.45, 2.75) is 20.8 Å². The number of nitrogens with zero attached hydrogens (tertiary/aromatic N) is 1. The zero-order valence-corrected chi connectivity index (χ0v) is 20.3. The highest BCUT2D eigenvalue weighted by molar-refractivity contribution is 7.22. The number of aromatic nitrogens is 1. The lowest BCUT2D eigenvalue weighted by Crippen LogP contribution is -2.08. The Labute approximate surface area is 205 Å². The first-order valence-electron chi connectivity index (χ1n) is 11.2. The number of allylic oxidation sites excluding steroid dienone is 1. The SMILES string of the molecule is CCOc1cc2occ(-c3ccc(F)cc3)c2cc1/C(C)=C/C(=O)Nc1nc2c(C)cccc2s1. The minimum Gasteiger partial charge on any atom is -0.493 e. The number of hydrogen-bond donors (Lipinski definition) is 1. The summed E-state index contributed by atoms with van der Waals surface area (Å²) in [6.07, 6.45) is 3.19. The summed E-state index contributed by atoms with van der Waals surface area (Å²) in [6.45, 7) is 6.23. The van der Waals surface area contributed by atoms with Gasteiger partial charge in [-0.3, -0.25) is 10.1 Å². The quantitative estimate of drug-likeness (QED) is 0.251. The zero-order chi connectivity index (χ0) is 24.5. The molecule has 0 aliphatic rings. The monoisotopic (exact) mass is 486 g/mol. The molecular formula is C28H23FN2O3S. The van der Waals surface area contributed by atoms with E-state index in [-0.39, 0.29) is 11.7 Å². The molecule has 1 N–H and O–H groups in total. The van der Waals surface area contributed by atoms with E-state index in [1.165, 1.54) is 23.5 Å². The molecule has 0 unspecified atom stereocenters. The predicted octanol–water partition coefficient (Wildman–Crippen LogP) is 7.60. The topological polar surface area (TPSA) is 64.4 Å². The molecule has 0 saturated heterocycles. The van der Waals surface area contributed by atoms with Crippen LogP contribution in [0.3, 0.4) is 0 Å². The number of carbonyl (C=O) groups excluding carboxylic acids is 1. The van der Waals surface area contributed by atoms with Gasteiger partial charge in [-0.2, -0.15) is 0 Å². The third kappa shape index (κ3) is 4.55. The van der Waals surface area contributed by atoms with Crippen molar-refractivity contribution < 1.29 is 18.3 Å². The van der Waals surface area contributed by atoms with Crippen molar-refractivity contribution in [1.29, 1.82) is 0 Å². The van der Waals surface area contributed by atoms with E-state index in [1.54, 1.807) is 24.5 Å². The molecule has 0 spiro atoms. The number of benzene rings is 3. The van der Waals surface area contributed by atoms with E-state index in [1.807, 2.05) is 51.1 Å². The van der Waals surface area contributed by atoms with Crippen molar-refractivity contribution >= 4 is 49.1 Å². The highest BCUT2D eigenvalue weighted by atomic mass is 32.1. The lowest BCUT2D eigenvalue weighted by Gasteiger charge is -2.11. The molecule has 5 rings (SSSR count). The average molecular weight is 487 g/mol. The number of thiazole rings is 1. The summed E-state index contributed by atoms with van der Waals surface area (Å²) in [7, 11) is 0. The second kappa shape index (κ2) is 9.35. The molecule has 3 aromatic carbocycles. The van der Waals surface area contributed by atoms with Crippen LogP contribution < -0.4 is 10.1 Å². The fraction of sp³-hybridized carbons (Fsp3) is 0.143. The normalized spacial score (nSPS) is 11.8. The molecule has 1 amide bonds. The van der Waals surface area contributed by atoms with Crippen LogP contribution in [-0.4, -0.2) is 17.5 Å². The van der Waals surface area contributed by atoms with Crippen LogP contribution >= 0.6 is 11.3 Å². The number of nitrogens with one attached hydrogen (secondary N) is 1. The van der Waals surface area contributed by atoms with Crippen LogP contribution in [-0.2, 0) is 4.79 Å². The summed E-state index contributed by atoms with van der Waals surface area (Å²) in [6, 6.07) is 16.0. The van der Waals surface area contributed by atoms with E-state index < -0.39 is 0 Å². The van der Waals surface area contributed by atoms with E-state index in [0.717, 1.165) is 43.4 Å². The van der Waals surface area contributed by atoms with Crippen molar-refractivity contribution in [3.05, 3.63) is 83.9 Å². The minimum absolute atomic E-state index is 0.271. The van der Waals surface area contributed by atoms with E-state index in [4.69, 9.17) is 9.15 Å². The summed E-state index contributed by atoms with van der Waals surface area (Å²) in [5, 5.41) is 4.29. The molecule has 0 aliphatic heterocycles. The molecule has 0 bridgehead atoms. The van der Waals surface area contributed by atoms with Gasteiger partial charge >= 0.3 is 0 Å². The van der Waals surface area contributed by atoms with E-state index in [2.05, 4.69) is 10.3 Å². The molecule has 35 heavy (non-hydrogen) atoms. The van der Waals surface area contributed by atoms with E-state index in [0.29, 0.717) is 23.1 Å². The number of para-hydroxylation sites is 1. The fourth-order valence-electron chi connectivity index (χ4n) is 4.05. The second-order valence-electron chi connectivity index (χ2n) is 8.19. The maximum Gasteiger partial charge on any atom is 0.250 e. The van der Waals surface area contributed by atoms with Gasteiger partial charge < -0.3 is 9.15 Å². The van der Waals surface area contributed by atoms with Gasteiger partial charge in [0.1, 0.15) is 17.1 Å². The lowest BCUT2D eigenvalue weighted by atomic mass is 9.99. The standard InChI is InChI=1S/C28H23FN2O3S/c1-4-33-23-14-24-21(22(15-34-24)18-8-10-19(29)11-9-18)13-20(23)17(3)12-26(32)30-28-31-27-16(2)6-5-7-25(27)35-28/h5-15H,4H2,1-3H3,(H,30,31,32)/b17-12+. The molecule has 7 heteroatoms. The first-order valence-corrected chi connectivity index (χ1v) is 12.0. The van der Waals surface area contributed by atoms with Gasteiger partial charge in [-0.05, 0) is 61.7 Å². The highest BCUT2D eigenvalue weighted by Gasteiger charge is 2.16. The maximum atomic E-state index is 13.4. The molecule has 0 saturated carbocycles. The minimum atomic E-state index is -0.297. The van der Waals surface area contributed by atoms with Crippen LogP contribution in [0.15, 0.2) is 71.4 Å². The molecule has 0 aliphatic carbocycles.